The summed E-state index contributed by atoms with van der Waals surface area (Å²) in [6.45, 7) is 2.27. The largest absolute Gasteiger partial charge is 0.396 e. The molecule has 2 nitrogen and oxygen atoms in total. The lowest BCUT2D eigenvalue weighted by molar-refractivity contribution is -0.114. The van der Waals surface area contributed by atoms with Crippen molar-refractivity contribution in [2.45, 2.75) is 39.0 Å². The molecule has 1 N–H and O–H groups in total. The van der Waals surface area contributed by atoms with E-state index in [0.717, 1.165) is 25.7 Å². The third-order valence-corrected chi connectivity index (χ3v) is 2.33. The predicted molar refractivity (Wildman–Crippen MR) is 53.3 cm³/mol. The zero-order valence-electron chi connectivity index (χ0n) is 7.62. The van der Waals surface area contributed by atoms with E-state index in [0.29, 0.717) is 6.42 Å². The standard InChI is InChI=1S/C9H18O2S/c1-2-3-5-8(9(11)12)6-4-7-10/h8,10H,2-7H2,1H3,(H,11,12). The van der Waals surface area contributed by atoms with Gasteiger partial charge < -0.3 is 5.11 Å². The molecule has 0 aliphatic carbocycles. The molecule has 0 radical (unpaired) electrons. The van der Waals surface area contributed by atoms with Crippen LogP contribution < -0.4 is 0 Å². The zero-order chi connectivity index (χ0) is 9.40. The first kappa shape index (κ1) is 12.0. The molecule has 0 aromatic rings. The van der Waals surface area contributed by atoms with E-state index in [-0.39, 0.29) is 17.6 Å². The van der Waals surface area contributed by atoms with Crippen LogP contribution in [0.3, 0.4) is 0 Å². The summed E-state index contributed by atoms with van der Waals surface area (Å²) in [4.78, 5) is 10.9. The van der Waals surface area contributed by atoms with Gasteiger partial charge >= 0.3 is 0 Å². The number of carbonyl (C=O) groups excluding carboxylic acids is 1. The number of aliphatic hydroxyl groups is 1. The van der Waals surface area contributed by atoms with Gasteiger partial charge in [-0.05, 0) is 19.3 Å². The van der Waals surface area contributed by atoms with Crippen LogP contribution in [0.4, 0.5) is 0 Å². The normalized spacial score (nSPS) is 12.9. The molecule has 0 bridgehead atoms. The molecule has 1 atom stereocenters. The number of rotatable bonds is 7. The lowest BCUT2D eigenvalue weighted by atomic mass is 9.98. The Morgan fingerprint density at radius 2 is 2.00 bits per heavy atom. The molecule has 0 spiro atoms. The van der Waals surface area contributed by atoms with Gasteiger partial charge in [-0.1, -0.05) is 19.8 Å². The molecule has 3 heteroatoms. The topological polar surface area (TPSA) is 37.3 Å². The Labute approximate surface area is 79.8 Å². The lowest BCUT2D eigenvalue weighted by Crippen LogP contribution is -2.09. The van der Waals surface area contributed by atoms with Gasteiger partial charge in [-0.25, -0.2) is 0 Å². The molecule has 0 amide bonds. The highest BCUT2D eigenvalue weighted by atomic mass is 32.1. The van der Waals surface area contributed by atoms with Crippen LogP contribution in [0.25, 0.3) is 0 Å². The van der Waals surface area contributed by atoms with Crippen LogP contribution in [-0.2, 0) is 4.79 Å². The van der Waals surface area contributed by atoms with Gasteiger partial charge in [0.2, 0.25) is 0 Å². The van der Waals surface area contributed by atoms with Gasteiger partial charge in [0.15, 0.2) is 5.12 Å². The molecular weight excluding hydrogens is 172 g/mol. The smallest absolute Gasteiger partial charge is 0.188 e. The SMILES string of the molecule is CCCCC(CCCO)C(=O)S. The summed E-state index contributed by atoms with van der Waals surface area (Å²) < 4.78 is 0. The van der Waals surface area contributed by atoms with E-state index in [1.807, 2.05) is 0 Å². The first-order valence-electron chi connectivity index (χ1n) is 4.56. The second-order valence-electron chi connectivity index (χ2n) is 3.04. The van der Waals surface area contributed by atoms with Gasteiger partial charge in [-0.2, -0.15) is 0 Å². The van der Waals surface area contributed by atoms with Gasteiger partial charge in [-0.3, -0.25) is 4.79 Å². The van der Waals surface area contributed by atoms with Crippen molar-refractivity contribution in [3.63, 3.8) is 0 Å². The Hall–Kier alpha value is -0.0200. The average Bonchev–Trinajstić information content (AvgIpc) is 2.04. The number of thiol groups is 1. The third-order valence-electron chi connectivity index (χ3n) is 1.97. The number of unbranched alkanes of at least 4 members (excludes halogenated alkanes) is 1. The fraction of sp³-hybridized carbons (Fsp3) is 0.889. The monoisotopic (exact) mass is 190 g/mol. The Morgan fingerprint density at radius 1 is 1.42 bits per heavy atom. The molecular formula is C9H18O2S. The maximum Gasteiger partial charge on any atom is 0.188 e. The molecule has 72 valence electrons. The van der Waals surface area contributed by atoms with E-state index in [9.17, 15) is 4.79 Å². The van der Waals surface area contributed by atoms with E-state index < -0.39 is 0 Å². The minimum Gasteiger partial charge on any atom is -0.396 e. The van der Waals surface area contributed by atoms with Crippen molar-refractivity contribution in [3.05, 3.63) is 0 Å². The van der Waals surface area contributed by atoms with Crippen molar-refractivity contribution in [1.29, 1.82) is 0 Å². The highest BCUT2D eigenvalue weighted by Crippen LogP contribution is 2.17. The molecule has 0 heterocycles. The molecule has 0 aliphatic rings. The van der Waals surface area contributed by atoms with Crippen molar-refractivity contribution in [3.8, 4) is 0 Å². The fourth-order valence-corrected chi connectivity index (χ4v) is 1.44. The van der Waals surface area contributed by atoms with E-state index in [1.165, 1.54) is 0 Å². The summed E-state index contributed by atoms with van der Waals surface area (Å²) in [7, 11) is 0. The Balaban J connectivity index is 3.62. The van der Waals surface area contributed by atoms with Gasteiger partial charge in [0.1, 0.15) is 0 Å². The van der Waals surface area contributed by atoms with Crippen LogP contribution in [0.15, 0.2) is 0 Å². The second kappa shape index (κ2) is 7.62. The summed E-state index contributed by atoms with van der Waals surface area (Å²) in [5.74, 6) is 0.0560. The summed E-state index contributed by atoms with van der Waals surface area (Å²) in [5, 5.41) is 8.56. The second-order valence-corrected chi connectivity index (χ2v) is 3.48. The molecule has 1 unspecified atom stereocenters. The van der Waals surface area contributed by atoms with Crippen LogP contribution >= 0.6 is 12.6 Å². The number of carbonyl (C=O) groups is 1. The van der Waals surface area contributed by atoms with Gasteiger partial charge in [0.25, 0.3) is 0 Å². The molecule has 0 saturated heterocycles. The number of hydrogen-bond acceptors (Lipinski definition) is 2. The lowest BCUT2D eigenvalue weighted by Gasteiger charge is -2.10. The Kier molecular flexibility index (Phi) is 7.61. The molecule has 12 heavy (non-hydrogen) atoms. The Bertz CT molecular complexity index is 118. The summed E-state index contributed by atoms with van der Waals surface area (Å²) >= 11 is 3.82. The highest BCUT2D eigenvalue weighted by molar-refractivity contribution is 7.96. The van der Waals surface area contributed by atoms with Gasteiger partial charge in [-0.15, -0.1) is 12.6 Å². The molecule has 0 aliphatic heterocycles. The van der Waals surface area contributed by atoms with E-state index in [2.05, 4.69) is 19.6 Å². The molecule has 0 rings (SSSR count). The maximum absolute atomic E-state index is 10.9. The van der Waals surface area contributed by atoms with Crippen LogP contribution in [0.5, 0.6) is 0 Å². The Morgan fingerprint density at radius 3 is 2.42 bits per heavy atom. The van der Waals surface area contributed by atoms with Gasteiger partial charge in [0, 0.05) is 12.5 Å². The van der Waals surface area contributed by atoms with Crippen LogP contribution in [0, 0.1) is 5.92 Å². The number of aliphatic hydroxyl groups excluding tert-OH is 1. The minimum absolute atomic E-state index is 0.0306. The van der Waals surface area contributed by atoms with Gasteiger partial charge in [0.05, 0.1) is 0 Å². The van der Waals surface area contributed by atoms with Crippen LogP contribution in [0.2, 0.25) is 0 Å². The van der Waals surface area contributed by atoms with Crippen LogP contribution in [0.1, 0.15) is 39.0 Å². The third kappa shape index (κ3) is 5.61. The maximum atomic E-state index is 10.9. The quantitative estimate of drug-likeness (QED) is 0.603. The molecule has 0 saturated carbocycles. The van der Waals surface area contributed by atoms with Crippen molar-refractivity contribution in [2.24, 2.45) is 5.92 Å². The summed E-state index contributed by atoms with van der Waals surface area (Å²) in [6, 6.07) is 0. The van der Waals surface area contributed by atoms with E-state index >= 15 is 0 Å². The summed E-state index contributed by atoms with van der Waals surface area (Å²) in [5.41, 5.74) is 0. The first-order chi connectivity index (χ1) is 5.72. The first-order valence-corrected chi connectivity index (χ1v) is 5.00. The molecule has 0 fully saturated rings. The molecule has 0 aromatic carbocycles. The van der Waals surface area contributed by atoms with Crippen molar-refractivity contribution < 1.29 is 9.90 Å². The highest BCUT2D eigenvalue weighted by Gasteiger charge is 2.13. The zero-order valence-corrected chi connectivity index (χ0v) is 8.52. The van der Waals surface area contributed by atoms with E-state index in [4.69, 9.17) is 5.11 Å². The van der Waals surface area contributed by atoms with Crippen LogP contribution in [-0.4, -0.2) is 16.8 Å². The van der Waals surface area contributed by atoms with Crippen molar-refractivity contribution >= 4 is 17.7 Å². The average molecular weight is 190 g/mol. The fourth-order valence-electron chi connectivity index (χ4n) is 1.18. The van der Waals surface area contributed by atoms with Crippen molar-refractivity contribution in [2.75, 3.05) is 6.61 Å². The summed E-state index contributed by atoms with van der Waals surface area (Å²) in [6.07, 6.45) is 4.58. The minimum atomic E-state index is -0.0306. The molecule has 0 aromatic heterocycles. The number of hydrogen-bond donors (Lipinski definition) is 2. The van der Waals surface area contributed by atoms with E-state index in [1.54, 1.807) is 0 Å². The van der Waals surface area contributed by atoms with Crippen molar-refractivity contribution in [1.82, 2.24) is 0 Å². The predicted octanol–water partition coefficient (Wildman–Crippen LogP) is 2.02.